The van der Waals surface area contributed by atoms with Gasteiger partial charge in [-0.05, 0) is 0 Å². The van der Waals surface area contributed by atoms with E-state index in [1.165, 1.54) is 12.1 Å². The van der Waals surface area contributed by atoms with Gasteiger partial charge in [-0.25, -0.2) is 18.7 Å². The van der Waals surface area contributed by atoms with Crippen LogP contribution < -0.4 is 0 Å². The highest BCUT2D eigenvalue weighted by molar-refractivity contribution is 5.85. The lowest BCUT2D eigenvalue weighted by Gasteiger charge is -1.89. The number of aliphatic carboxylic acids is 1. The number of carboxylic acid groups (broad SMARTS) is 2. The Morgan fingerprint density at radius 1 is 1.56 bits per heavy atom. The van der Waals surface area contributed by atoms with Crippen LogP contribution in [0.3, 0.4) is 0 Å². The van der Waals surface area contributed by atoms with Crippen LogP contribution in [0, 0.1) is 12.3 Å². The molecule has 86 valence electrons. The highest BCUT2D eigenvalue weighted by Gasteiger charge is 2.06. The number of rotatable bonds is 3. The fraction of sp³-hybridized carbons (Fsp3) is 0.250. The van der Waals surface area contributed by atoms with Gasteiger partial charge >= 0.3 is 11.9 Å². The second kappa shape index (κ2) is 6.94. The first-order valence-electron chi connectivity index (χ1n) is 3.90. The Hall–Kier alpha value is -2.43. The van der Waals surface area contributed by atoms with Gasteiger partial charge in [-0.3, -0.25) is 0 Å². The zero-order chi connectivity index (χ0) is 12.6. The largest absolute Gasteiger partial charge is 0.476 e. The smallest absolute Gasteiger partial charge is 0.381 e. The summed E-state index contributed by atoms with van der Waals surface area (Å²) in [6.07, 6.45) is 5.50. The lowest BCUT2D eigenvalue weighted by molar-refractivity contribution is -0.130. The molecule has 0 aromatic carbocycles. The minimum absolute atomic E-state index is 0.0419. The van der Waals surface area contributed by atoms with Gasteiger partial charge in [0, 0.05) is 5.92 Å². The van der Waals surface area contributed by atoms with Gasteiger partial charge in [0.15, 0.2) is 5.69 Å². The van der Waals surface area contributed by atoms with E-state index in [1.54, 1.807) is 0 Å². The van der Waals surface area contributed by atoms with E-state index in [9.17, 15) is 9.18 Å². The molecule has 0 spiro atoms. The van der Waals surface area contributed by atoms with Crippen LogP contribution in [0.5, 0.6) is 0 Å². The number of alkyl halides is 1. The summed E-state index contributed by atoms with van der Waals surface area (Å²) < 4.78 is 12.8. The SMILES string of the molecule is C#CC(=O)O.O=C(O)c1cn(CCF)nn1. The molecular weight excluding hydrogens is 221 g/mol. The van der Waals surface area contributed by atoms with E-state index in [1.807, 2.05) is 0 Å². The molecule has 0 radical (unpaired) electrons. The van der Waals surface area contributed by atoms with E-state index in [4.69, 9.17) is 15.0 Å². The third-order valence-corrected chi connectivity index (χ3v) is 1.19. The van der Waals surface area contributed by atoms with Crippen molar-refractivity contribution in [1.82, 2.24) is 15.0 Å². The minimum Gasteiger partial charge on any atom is -0.476 e. The molecule has 0 aliphatic carbocycles. The number of hydrogen-bond acceptors (Lipinski definition) is 4. The molecule has 1 aromatic heterocycles. The predicted molar refractivity (Wildman–Crippen MR) is 49.4 cm³/mol. The second-order valence-electron chi connectivity index (χ2n) is 2.31. The molecule has 0 amide bonds. The van der Waals surface area contributed by atoms with Crippen molar-refractivity contribution in [2.24, 2.45) is 0 Å². The number of hydrogen-bond donors (Lipinski definition) is 2. The van der Waals surface area contributed by atoms with Crippen LogP contribution in [0.25, 0.3) is 0 Å². The average molecular weight is 229 g/mol. The number of nitrogens with zero attached hydrogens (tertiary/aromatic N) is 3. The normalized spacial score (nSPS) is 8.50. The van der Waals surface area contributed by atoms with Crippen molar-refractivity contribution in [3.63, 3.8) is 0 Å². The number of aryl methyl sites for hydroxylation is 1. The van der Waals surface area contributed by atoms with E-state index in [0.717, 1.165) is 4.68 Å². The first kappa shape index (κ1) is 13.6. The highest BCUT2D eigenvalue weighted by atomic mass is 19.1. The summed E-state index contributed by atoms with van der Waals surface area (Å²) in [5.74, 6) is -0.930. The van der Waals surface area contributed by atoms with Crippen LogP contribution in [-0.4, -0.2) is 43.8 Å². The van der Waals surface area contributed by atoms with E-state index in [0.29, 0.717) is 0 Å². The number of carbonyl (C=O) groups is 2. The van der Waals surface area contributed by atoms with Crippen LogP contribution >= 0.6 is 0 Å². The third-order valence-electron chi connectivity index (χ3n) is 1.19. The van der Waals surface area contributed by atoms with Gasteiger partial charge in [0.05, 0.1) is 12.7 Å². The molecule has 0 bridgehead atoms. The Bertz CT molecular complexity index is 410. The molecule has 0 saturated heterocycles. The van der Waals surface area contributed by atoms with Crippen molar-refractivity contribution < 1.29 is 24.2 Å². The number of carboxylic acids is 2. The predicted octanol–water partition coefficient (Wildman–Crippen LogP) is -0.350. The summed E-state index contributed by atoms with van der Waals surface area (Å²) in [6, 6.07) is 0. The topological polar surface area (TPSA) is 105 Å². The third kappa shape index (κ3) is 5.33. The van der Waals surface area contributed by atoms with Crippen LogP contribution in [-0.2, 0) is 11.3 Å². The van der Waals surface area contributed by atoms with Crippen LogP contribution in [0.1, 0.15) is 10.5 Å². The van der Waals surface area contributed by atoms with E-state index >= 15 is 0 Å². The molecule has 1 heterocycles. The van der Waals surface area contributed by atoms with Gasteiger partial charge in [0.2, 0.25) is 0 Å². The minimum atomic E-state index is -1.22. The first-order valence-corrected chi connectivity index (χ1v) is 3.90. The lowest BCUT2D eigenvalue weighted by atomic mass is 10.5. The quantitative estimate of drug-likeness (QED) is 0.686. The second-order valence-corrected chi connectivity index (χ2v) is 2.31. The molecule has 1 rings (SSSR count). The summed E-state index contributed by atoms with van der Waals surface area (Å²) in [7, 11) is 0. The highest BCUT2D eigenvalue weighted by Crippen LogP contribution is 1.91. The lowest BCUT2D eigenvalue weighted by Crippen LogP contribution is -1.99. The molecule has 0 unspecified atom stereocenters. The fourth-order valence-electron chi connectivity index (χ4n) is 0.592. The maximum absolute atomic E-state index is 11.7. The van der Waals surface area contributed by atoms with Crippen molar-refractivity contribution >= 4 is 11.9 Å². The van der Waals surface area contributed by atoms with E-state index < -0.39 is 18.6 Å². The standard InChI is InChI=1S/C5H6FN3O2.C3H2O2/c6-1-2-9-3-4(5(10)11)7-8-9;1-2-3(4)5/h3H,1-2H2,(H,10,11);1H,(H,4,5). The summed E-state index contributed by atoms with van der Waals surface area (Å²) in [6.45, 7) is -0.539. The molecule has 0 atom stereocenters. The Kier molecular flexibility index (Phi) is 5.89. The molecule has 1 aromatic rings. The molecule has 0 aliphatic heterocycles. The van der Waals surface area contributed by atoms with Crippen LogP contribution in [0.15, 0.2) is 6.20 Å². The van der Waals surface area contributed by atoms with E-state index in [2.05, 4.69) is 16.7 Å². The van der Waals surface area contributed by atoms with Crippen molar-refractivity contribution in [3.05, 3.63) is 11.9 Å². The molecule has 16 heavy (non-hydrogen) atoms. The number of halogens is 1. The molecular formula is C8H8FN3O4. The van der Waals surface area contributed by atoms with Crippen molar-refractivity contribution in [2.75, 3.05) is 6.67 Å². The Balaban J connectivity index is 0.000000385. The van der Waals surface area contributed by atoms with Gasteiger partial charge in [-0.15, -0.1) is 11.5 Å². The number of aromatic nitrogens is 3. The summed E-state index contributed by atoms with van der Waals surface area (Å²) >= 11 is 0. The molecule has 2 N–H and O–H groups in total. The van der Waals surface area contributed by atoms with Gasteiger partial charge in [-0.1, -0.05) is 5.21 Å². The monoisotopic (exact) mass is 229 g/mol. The van der Waals surface area contributed by atoms with Gasteiger partial charge in [-0.2, -0.15) is 0 Å². The van der Waals surface area contributed by atoms with Crippen molar-refractivity contribution in [1.29, 1.82) is 0 Å². The number of aromatic carboxylic acids is 1. The van der Waals surface area contributed by atoms with Crippen molar-refractivity contribution in [3.8, 4) is 12.3 Å². The molecule has 0 fully saturated rings. The van der Waals surface area contributed by atoms with Gasteiger partial charge < -0.3 is 10.2 Å². The molecule has 0 aliphatic rings. The molecule has 8 heteroatoms. The van der Waals surface area contributed by atoms with Gasteiger partial charge in [0.1, 0.15) is 6.67 Å². The maximum atomic E-state index is 11.7. The Morgan fingerprint density at radius 2 is 2.12 bits per heavy atom. The zero-order valence-electron chi connectivity index (χ0n) is 8.00. The summed E-state index contributed by atoms with van der Waals surface area (Å²) in [4.78, 5) is 19.3. The van der Waals surface area contributed by atoms with Crippen molar-refractivity contribution in [2.45, 2.75) is 6.54 Å². The van der Waals surface area contributed by atoms with Gasteiger partial charge in [0.25, 0.3) is 0 Å². The summed E-state index contributed by atoms with van der Waals surface area (Å²) in [5.41, 5.74) is -0.168. The zero-order valence-corrected chi connectivity index (χ0v) is 8.00. The average Bonchev–Trinajstić information content (AvgIpc) is 2.68. The molecule has 7 nitrogen and oxygen atoms in total. The summed E-state index contributed by atoms with van der Waals surface area (Å²) in [5, 5.41) is 22.5. The van der Waals surface area contributed by atoms with E-state index in [-0.39, 0.29) is 12.2 Å². The van der Waals surface area contributed by atoms with Crippen LogP contribution in [0.2, 0.25) is 0 Å². The van der Waals surface area contributed by atoms with Crippen LogP contribution in [0.4, 0.5) is 4.39 Å². The maximum Gasteiger partial charge on any atom is 0.381 e. The Labute approximate surface area is 89.5 Å². The number of terminal acetylenes is 1. The molecule has 0 saturated carbocycles. The fourth-order valence-corrected chi connectivity index (χ4v) is 0.592. The first-order chi connectivity index (χ1) is 7.51. The Morgan fingerprint density at radius 3 is 2.44 bits per heavy atom.